The topological polar surface area (TPSA) is 68.2 Å². The predicted octanol–water partition coefficient (Wildman–Crippen LogP) is 3.31. The number of hydrogen-bond donors (Lipinski definition) is 2. The zero-order valence-electron chi connectivity index (χ0n) is 13.6. The Bertz CT molecular complexity index is 753. The van der Waals surface area contributed by atoms with Crippen molar-refractivity contribution in [3.8, 4) is 23.0 Å². The van der Waals surface area contributed by atoms with Gasteiger partial charge in [0.1, 0.15) is 6.10 Å². The highest BCUT2D eigenvalue weighted by atomic mass is 16.6. The van der Waals surface area contributed by atoms with Gasteiger partial charge in [-0.2, -0.15) is 0 Å². The van der Waals surface area contributed by atoms with Gasteiger partial charge in [-0.1, -0.05) is 24.3 Å². The smallest absolute Gasteiger partial charge is 0.162 e. The van der Waals surface area contributed by atoms with Crippen LogP contribution in [0.2, 0.25) is 0 Å². The normalized spacial score (nSPS) is 19.5. The largest absolute Gasteiger partial charge is 0.504 e. The van der Waals surface area contributed by atoms with Crippen molar-refractivity contribution in [2.24, 2.45) is 0 Å². The number of aliphatic hydroxyl groups excluding tert-OH is 1. The van der Waals surface area contributed by atoms with Gasteiger partial charge < -0.3 is 24.4 Å². The van der Waals surface area contributed by atoms with Crippen molar-refractivity contribution in [3.63, 3.8) is 0 Å². The summed E-state index contributed by atoms with van der Waals surface area (Å²) in [5.41, 5.74) is 1.78. The molecule has 1 aliphatic rings. The third-order valence-electron chi connectivity index (χ3n) is 3.91. The predicted molar refractivity (Wildman–Crippen MR) is 90.7 cm³/mol. The van der Waals surface area contributed by atoms with Crippen LogP contribution in [0.3, 0.4) is 0 Å². The Morgan fingerprint density at radius 1 is 1.12 bits per heavy atom. The monoisotopic (exact) mass is 328 g/mol. The zero-order chi connectivity index (χ0) is 17.1. The molecule has 3 rings (SSSR count). The second kappa shape index (κ2) is 6.84. The van der Waals surface area contributed by atoms with E-state index in [4.69, 9.17) is 19.3 Å². The van der Waals surface area contributed by atoms with E-state index >= 15 is 0 Å². The lowest BCUT2D eigenvalue weighted by atomic mass is 10.0. The molecule has 2 atom stereocenters. The first-order valence-electron chi connectivity index (χ1n) is 7.74. The van der Waals surface area contributed by atoms with Gasteiger partial charge >= 0.3 is 0 Å². The summed E-state index contributed by atoms with van der Waals surface area (Å²) in [7, 11) is 1.51. The van der Waals surface area contributed by atoms with Crippen molar-refractivity contribution in [2.45, 2.75) is 19.1 Å². The molecule has 0 amide bonds. The minimum absolute atomic E-state index is 0.0125. The Morgan fingerprint density at radius 2 is 1.96 bits per heavy atom. The van der Waals surface area contributed by atoms with Gasteiger partial charge in [0, 0.05) is 5.56 Å². The van der Waals surface area contributed by atoms with Crippen LogP contribution >= 0.6 is 0 Å². The maximum Gasteiger partial charge on any atom is 0.162 e. The molecule has 24 heavy (non-hydrogen) atoms. The first-order valence-corrected chi connectivity index (χ1v) is 7.74. The van der Waals surface area contributed by atoms with Gasteiger partial charge in [-0.25, -0.2) is 0 Å². The summed E-state index contributed by atoms with van der Waals surface area (Å²) in [5, 5.41) is 18.6. The lowest BCUT2D eigenvalue weighted by molar-refractivity contribution is 0.0305. The molecule has 0 unspecified atom stereocenters. The van der Waals surface area contributed by atoms with E-state index in [2.05, 4.69) is 0 Å². The molecule has 0 aromatic heterocycles. The maximum atomic E-state index is 9.75. The van der Waals surface area contributed by atoms with Crippen molar-refractivity contribution >= 4 is 6.08 Å². The molecule has 0 aliphatic carbocycles. The highest BCUT2D eigenvalue weighted by Gasteiger charge is 2.30. The molecule has 2 N–H and O–H groups in total. The Balaban J connectivity index is 1.91. The first kappa shape index (κ1) is 16.2. The van der Waals surface area contributed by atoms with Crippen LogP contribution in [0.1, 0.15) is 24.2 Å². The summed E-state index contributed by atoms with van der Waals surface area (Å²) < 4.78 is 17.3. The Morgan fingerprint density at radius 3 is 2.71 bits per heavy atom. The highest BCUT2D eigenvalue weighted by molar-refractivity contribution is 5.56. The van der Waals surface area contributed by atoms with E-state index in [1.807, 2.05) is 31.2 Å². The minimum atomic E-state index is -0.316. The molecule has 0 spiro atoms. The molecule has 0 fully saturated rings. The maximum absolute atomic E-state index is 9.75. The summed E-state index contributed by atoms with van der Waals surface area (Å²) in [4.78, 5) is 0. The highest BCUT2D eigenvalue weighted by Crippen LogP contribution is 2.41. The van der Waals surface area contributed by atoms with Gasteiger partial charge in [0.05, 0.1) is 13.7 Å². The van der Waals surface area contributed by atoms with Crippen LogP contribution in [0.5, 0.6) is 23.0 Å². The van der Waals surface area contributed by atoms with Crippen LogP contribution in [0.25, 0.3) is 6.08 Å². The number of fused-ring (bicyclic) bond motifs is 1. The lowest BCUT2D eigenvalue weighted by Gasteiger charge is -2.32. The fourth-order valence-electron chi connectivity index (χ4n) is 2.71. The van der Waals surface area contributed by atoms with Crippen molar-refractivity contribution < 1.29 is 24.4 Å². The first-order chi connectivity index (χ1) is 11.6. The fraction of sp³-hybridized carbons (Fsp3) is 0.263. The van der Waals surface area contributed by atoms with E-state index in [-0.39, 0.29) is 24.6 Å². The van der Waals surface area contributed by atoms with Crippen LogP contribution < -0.4 is 14.2 Å². The second-order valence-electron chi connectivity index (χ2n) is 5.58. The number of methoxy groups -OCH3 is 1. The van der Waals surface area contributed by atoms with E-state index in [9.17, 15) is 5.11 Å². The van der Waals surface area contributed by atoms with E-state index in [1.54, 1.807) is 24.3 Å². The number of benzene rings is 2. The van der Waals surface area contributed by atoms with Gasteiger partial charge in [-0.15, -0.1) is 0 Å². The zero-order valence-corrected chi connectivity index (χ0v) is 13.6. The molecule has 1 aliphatic heterocycles. The number of rotatable bonds is 4. The SMILES string of the molecule is COc1cc([C@H]2Oc3cc(/C=C\CO)ccc3O[C@@H]2C)ccc1O. The molecular weight excluding hydrogens is 308 g/mol. The van der Waals surface area contributed by atoms with Crippen LogP contribution in [0.4, 0.5) is 0 Å². The van der Waals surface area contributed by atoms with E-state index in [0.717, 1.165) is 11.1 Å². The number of aliphatic hydroxyl groups is 1. The van der Waals surface area contributed by atoms with Crippen LogP contribution in [-0.2, 0) is 0 Å². The molecular formula is C19H20O5. The molecule has 0 radical (unpaired) electrons. The summed E-state index contributed by atoms with van der Waals surface area (Å²) in [5.74, 6) is 1.81. The van der Waals surface area contributed by atoms with Crippen molar-refractivity contribution in [2.75, 3.05) is 13.7 Å². The van der Waals surface area contributed by atoms with E-state index in [0.29, 0.717) is 17.2 Å². The van der Waals surface area contributed by atoms with Crippen LogP contribution in [0, 0.1) is 0 Å². The fourth-order valence-corrected chi connectivity index (χ4v) is 2.71. The Hall–Kier alpha value is -2.66. The van der Waals surface area contributed by atoms with Gasteiger partial charge in [-0.05, 0) is 36.8 Å². The van der Waals surface area contributed by atoms with Crippen LogP contribution in [-0.4, -0.2) is 30.0 Å². The summed E-state index contributed by atoms with van der Waals surface area (Å²) in [6.07, 6.45) is 2.98. The van der Waals surface area contributed by atoms with Gasteiger partial charge in [0.25, 0.3) is 0 Å². The van der Waals surface area contributed by atoms with Gasteiger partial charge in [0.2, 0.25) is 0 Å². The Kier molecular flexibility index (Phi) is 4.62. The van der Waals surface area contributed by atoms with Crippen molar-refractivity contribution in [1.82, 2.24) is 0 Å². The van der Waals surface area contributed by atoms with Crippen molar-refractivity contribution in [3.05, 3.63) is 53.6 Å². The average molecular weight is 328 g/mol. The molecule has 2 aromatic carbocycles. The standard InChI is InChI=1S/C19H20O5/c1-12-19(14-6-7-15(21)17(11-14)22-2)24-18-10-13(4-3-9-20)5-8-16(18)23-12/h3-8,10-12,19-21H,9H2,1-2H3/b4-3-/t12-,19+/m1/s1. The lowest BCUT2D eigenvalue weighted by Crippen LogP contribution is -2.30. The molecule has 5 nitrogen and oxygen atoms in total. The molecule has 0 saturated carbocycles. The number of ether oxygens (including phenoxy) is 3. The Labute approximate surface area is 140 Å². The van der Waals surface area contributed by atoms with E-state index in [1.165, 1.54) is 7.11 Å². The molecule has 5 heteroatoms. The molecule has 1 heterocycles. The van der Waals surface area contributed by atoms with E-state index < -0.39 is 0 Å². The summed E-state index contributed by atoms with van der Waals surface area (Å²) in [6, 6.07) is 10.8. The van der Waals surface area contributed by atoms with Crippen molar-refractivity contribution in [1.29, 1.82) is 0 Å². The quantitative estimate of drug-likeness (QED) is 0.901. The minimum Gasteiger partial charge on any atom is -0.504 e. The third-order valence-corrected chi connectivity index (χ3v) is 3.91. The van der Waals surface area contributed by atoms with Gasteiger partial charge in [-0.3, -0.25) is 0 Å². The number of phenols is 1. The van der Waals surface area contributed by atoms with Gasteiger partial charge in [0.15, 0.2) is 29.1 Å². The number of aromatic hydroxyl groups is 1. The molecule has 0 saturated heterocycles. The summed E-state index contributed by atoms with van der Waals surface area (Å²) >= 11 is 0. The molecule has 0 bridgehead atoms. The second-order valence-corrected chi connectivity index (χ2v) is 5.58. The summed E-state index contributed by atoms with van der Waals surface area (Å²) in [6.45, 7) is 1.92. The number of phenolic OH excluding ortho intramolecular Hbond substituents is 1. The molecule has 2 aromatic rings. The van der Waals surface area contributed by atoms with Crippen LogP contribution in [0.15, 0.2) is 42.5 Å². The molecule has 126 valence electrons. The average Bonchev–Trinajstić information content (AvgIpc) is 2.60. The number of hydrogen-bond acceptors (Lipinski definition) is 5. The third kappa shape index (κ3) is 3.16.